The first-order valence-electron chi connectivity index (χ1n) is 8.83. The molecule has 7 heteroatoms. The van der Waals surface area contributed by atoms with Crippen LogP contribution in [0.4, 0.5) is 0 Å². The van der Waals surface area contributed by atoms with Crippen LogP contribution in [0.3, 0.4) is 0 Å². The lowest BCUT2D eigenvalue weighted by Crippen LogP contribution is -2.30. The van der Waals surface area contributed by atoms with E-state index in [0.717, 1.165) is 31.5 Å². The van der Waals surface area contributed by atoms with Crippen molar-refractivity contribution in [1.82, 2.24) is 14.8 Å². The Hall–Kier alpha value is -2.15. The molecule has 142 valence electrons. The van der Waals surface area contributed by atoms with Gasteiger partial charge in [0.1, 0.15) is 5.70 Å². The van der Waals surface area contributed by atoms with Crippen LogP contribution in [-0.2, 0) is 11.3 Å². The van der Waals surface area contributed by atoms with Crippen LogP contribution < -0.4 is 5.32 Å². The lowest BCUT2D eigenvalue weighted by molar-refractivity contribution is -0.122. The van der Waals surface area contributed by atoms with Gasteiger partial charge >= 0.3 is 0 Å². The minimum Gasteiger partial charge on any atom is -0.342 e. The molecule has 0 spiro atoms. The van der Waals surface area contributed by atoms with Crippen molar-refractivity contribution in [2.24, 2.45) is 0 Å². The Labute approximate surface area is 181 Å². The molecule has 4 rings (SSSR count). The van der Waals surface area contributed by atoms with Crippen molar-refractivity contribution in [3.05, 3.63) is 75.0 Å². The quantitative estimate of drug-likeness (QED) is 0.418. The molecule has 1 aromatic heterocycles. The van der Waals surface area contributed by atoms with E-state index in [1.807, 2.05) is 43.3 Å². The Morgan fingerprint density at radius 3 is 2.64 bits per heavy atom. The van der Waals surface area contributed by atoms with Gasteiger partial charge in [-0.15, -0.1) is 0 Å². The highest BCUT2D eigenvalue weighted by atomic mass is 79.9. The first-order valence-corrected chi connectivity index (χ1v) is 10.4. The van der Waals surface area contributed by atoms with Crippen molar-refractivity contribution in [2.45, 2.75) is 13.5 Å². The van der Waals surface area contributed by atoms with Gasteiger partial charge in [-0.25, -0.2) is 0 Å². The van der Waals surface area contributed by atoms with Gasteiger partial charge in [-0.05, 0) is 61.1 Å². The van der Waals surface area contributed by atoms with Crippen LogP contribution in [0.5, 0.6) is 0 Å². The summed E-state index contributed by atoms with van der Waals surface area (Å²) in [6.07, 6.45) is 3.93. The predicted molar refractivity (Wildman–Crippen MR) is 121 cm³/mol. The molecule has 1 saturated heterocycles. The minimum absolute atomic E-state index is 0.0962. The zero-order valence-electron chi connectivity index (χ0n) is 15.1. The predicted octanol–water partition coefficient (Wildman–Crippen LogP) is 5.18. The Kier molecular flexibility index (Phi) is 5.27. The molecule has 0 unspecified atom stereocenters. The number of benzene rings is 2. The van der Waals surface area contributed by atoms with E-state index in [1.54, 1.807) is 4.90 Å². The smallest absolute Gasteiger partial charge is 0.276 e. The molecule has 1 fully saturated rings. The average molecular weight is 475 g/mol. The number of carbonyl (C=O) groups excluding carboxylic acids is 1. The third-order valence-corrected chi connectivity index (χ3v) is 5.79. The molecule has 0 aliphatic carbocycles. The van der Waals surface area contributed by atoms with Crippen molar-refractivity contribution in [3.8, 4) is 0 Å². The number of likely N-dealkylation sites (N-methyl/N-ethyl adjacent to an activating group) is 1. The van der Waals surface area contributed by atoms with Crippen LogP contribution in [-0.4, -0.2) is 27.0 Å². The molecule has 1 amide bonds. The third kappa shape index (κ3) is 3.60. The van der Waals surface area contributed by atoms with Gasteiger partial charge in [0, 0.05) is 45.2 Å². The van der Waals surface area contributed by atoms with Crippen LogP contribution >= 0.6 is 39.7 Å². The van der Waals surface area contributed by atoms with E-state index in [0.29, 0.717) is 23.9 Å². The maximum atomic E-state index is 12.6. The summed E-state index contributed by atoms with van der Waals surface area (Å²) in [5.41, 5.74) is 3.70. The summed E-state index contributed by atoms with van der Waals surface area (Å²) in [5, 5.41) is 5.26. The number of fused-ring (bicyclic) bond motifs is 1. The minimum atomic E-state index is -0.0962. The summed E-state index contributed by atoms with van der Waals surface area (Å²) < 4.78 is 3.16. The molecule has 2 aromatic carbocycles. The van der Waals surface area contributed by atoms with E-state index in [1.165, 1.54) is 0 Å². The van der Waals surface area contributed by atoms with Gasteiger partial charge in [-0.3, -0.25) is 9.69 Å². The lowest BCUT2D eigenvalue weighted by atomic mass is 10.1. The van der Waals surface area contributed by atoms with E-state index >= 15 is 0 Å². The van der Waals surface area contributed by atoms with Gasteiger partial charge in [0.15, 0.2) is 5.11 Å². The van der Waals surface area contributed by atoms with Crippen LogP contribution in [0, 0.1) is 0 Å². The van der Waals surface area contributed by atoms with Crippen molar-refractivity contribution in [3.63, 3.8) is 0 Å². The molecule has 0 radical (unpaired) electrons. The summed E-state index contributed by atoms with van der Waals surface area (Å²) in [6.45, 7) is 3.16. The van der Waals surface area contributed by atoms with E-state index in [4.69, 9.17) is 23.8 Å². The molecule has 3 aromatic rings. The number of amides is 1. The van der Waals surface area contributed by atoms with Gasteiger partial charge in [0.05, 0.1) is 0 Å². The summed E-state index contributed by atoms with van der Waals surface area (Å²) >= 11 is 14.8. The fourth-order valence-electron chi connectivity index (χ4n) is 3.34. The summed E-state index contributed by atoms with van der Waals surface area (Å²) in [7, 11) is 0. The van der Waals surface area contributed by atoms with Gasteiger partial charge in [0.2, 0.25) is 0 Å². The number of carbonyl (C=O) groups is 1. The molecule has 28 heavy (non-hydrogen) atoms. The SMILES string of the molecule is CCN1C(=O)C(=Cc2cn(Cc3ccc(Cl)cc3)c3ccc(Br)cc23)NC1=S. The van der Waals surface area contributed by atoms with E-state index in [2.05, 4.69) is 44.1 Å². The van der Waals surface area contributed by atoms with Crippen LogP contribution in [0.25, 0.3) is 17.0 Å². The fraction of sp³-hybridized carbons (Fsp3) is 0.143. The lowest BCUT2D eigenvalue weighted by Gasteiger charge is -2.08. The standard InChI is InChI=1S/C21H17BrClN3OS/c1-2-26-20(27)18(24-21(26)28)9-14-12-25(11-13-3-6-16(23)7-4-13)19-8-5-15(22)10-17(14)19/h3-10,12H,2,11H2,1H3,(H,24,28). The highest BCUT2D eigenvalue weighted by Gasteiger charge is 2.29. The third-order valence-electron chi connectivity index (χ3n) is 4.72. The van der Waals surface area contributed by atoms with Crippen LogP contribution in [0.2, 0.25) is 5.02 Å². The normalized spacial score (nSPS) is 15.7. The second kappa shape index (κ2) is 7.70. The first kappa shape index (κ1) is 19.2. The number of rotatable bonds is 4. The number of hydrogen-bond donors (Lipinski definition) is 1. The summed E-state index contributed by atoms with van der Waals surface area (Å²) in [5.74, 6) is -0.0962. The number of aromatic nitrogens is 1. The topological polar surface area (TPSA) is 37.3 Å². The number of nitrogens with one attached hydrogen (secondary N) is 1. The molecule has 0 saturated carbocycles. The Morgan fingerprint density at radius 2 is 1.96 bits per heavy atom. The zero-order valence-corrected chi connectivity index (χ0v) is 18.2. The van der Waals surface area contributed by atoms with E-state index in [9.17, 15) is 4.79 Å². The van der Waals surface area contributed by atoms with Gasteiger partial charge in [-0.1, -0.05) is 39.7 Å². The highest BCUT2D eigenvalue weighted by Crippen LogP contribution is 2.28. The number of thiocarbonyl (C=S) groups is 1. The van der Waals surface area contributed by atoms with Crippen molar-refractivity contribution < 1.29 is 4.79 Å². The summed E-state index contributed by atoms with van der Waals surface area (Å²) in [4.78, 5) is 14.1. The monoisotopic (exact) mass is 473 g/mol. The second-order valence-electron chi connectivity index (χ2n) is 6.54. The molecule has 2 heterocycles. The number of halogens is 2. The van der Waals surface area contributed by atoms with Crippen LogP contribution in [0.15, 0.2) is 58.8 Å². The van der Waals surface area contributed by atoms with Crippen molar-refractivity contribution in [2.75, 3.05) is 6.54 Å². The molecular weight excluding hydrogens is 458 g/mol. The Bertz CT molecular complexity index is 1120. The van der Waals surface area contributed by atoms with Crippen molar-refractivity contribution >= 4 is 67.7 Å². The second-order valence-corrected chi connectivity index (χ2v) is 8.28. The molecular formula is C21H17BrClN3OS. The maximum absolute atomic E-state index is 12.6. The molecule has 1 aliphatic rings. The molecule has 4 nitrogen and oxygen atoms in total. The Morgan fingerprint density at radius 1 is 1.21 bits per heavy atom. The first-order chi connectivity index (χ1) is 13.5. The fourth-order valence-corrected chi connectivity index (χ4v) is 4.15. The Balaban J connectivity index is 1.78. The number of nitrogens with zero attached hydrogens (tertiary/aromatic N) is 2. The number of hydrogen-bond acceptors (Lipinski definition) is 2. The highest BCUT2D eigenvalue weighted by molar-refractivity contribution is 9.10. The van der Waals surface area contributed by atoms with E-state index < -0.39 is 0 Å². The van der Waals surface area contributed by atoms with Gasteiger partial charge < -0.3 is 9.88 Å². The van der Waals surface area contributed by atoms with Gasteiger partial charge in [-0.2, -0.15) is 0 Å². The maximum Gasteiger partial charge on any atom is 0.276 e. The molecule has 0 bridgehead atoms. The van der Waals surface area contributed by atoms with Crippen molar-refractivity contribution in [1.29, 1.82) is 0 Å². The van der Waals surface area contributed by atoms with Gasteiger partial charge in [0.25, 0.3) is 5.91 Å². The zero-order chi connectivity index (χ0) is 19.8. The molecule has 1 aliphatic heterocycles. The molecule has 1 N–H and O–H groups in total. The average Bonchev–Trinajstić information content (AvgIpc) is 3.13. The van der Waals surface area contributed by atoms with E-state index in [-0.39, 0.29) is 5.91 Å². The summed E-state index contributed by atoms with van der Waals surface area (Å²) in [6, 6.07) is 14.0. The largest absolute Gasteiger partial charge is 0.342 e. The van der Waals surface area contributed by atoms with Crippen LogP contribution in [0.1, 0.15) is 18.1 Å². The molecule has 0 atom stereocenters.